The van der Waals surface area contributed by atoms with Crippen LogP contribution in [0.3, 0.4) is 0 Å². The molecular formula is C15H14N4O. The van der Waals surface area contributed by atoms with Gasteiger partial charge in [-0.05, 0) is 24.1 Å². The van der Waals surface area contributed by atoms with Crippen LogP contribution in [0.25, 0.3) is 16.9 Å². The molecule has 0 aliphatic rings. The number of carbonyl (C=O) groups excluding carboxylic acids is 1. The molecule has 3 rings (SSSR count). The van der Waals surface area contributed by atoms with Crippen molar-refractivity contribution in [3.8, 4) is 11.3 Å². The van der Waals surface area contributed by atoms with Crippen LogP contribution in [0.2, 0.25) is 0 Å². The fourth-order valence-electron chi connectivity index (χ4n) is 2.23. The topological polar surface area (TPSA) is 73.3 Å². The highest BCUT2D eigenvalue weighted by Crippen LogP contribution is 2.22. The number of hydrogen-bond donors (Lipinski definition) is 1. The summed E-state index contributed by atoms with van der Waals surface area (Å²) in [6.45, 7) is 2.11. The van der Waals surface area contributed by atoms with Gasteiger partial charge >= 0.3 is 0 Å². The Morgan fingerprint density at radius 1 is 1.35 bits per heavy atom. The molecule has 0 aliphatic heterocycles. The number of hydrogen-bond acceptors (Lipinski definition) is 3. The van der Waals surface area contributed by atoms with E-state index in [2.05, 4.69) is 29.1 Å². The van der Waals surface area contributed by atoms with Gasteiger partial charge in [-0.3, -0.25) is 4.79 Å². The van der Waals surface area contributed by atoms with E-state index in [1.165, 1.54) is 11.8 Å². The maximum atomic E-state index is 11.4. The van der Waals surface area contributed by atoms with Crippen LogP contribution in [0.15, 0.2) is 42.7 Å². The first-order valence-electron chi connectivity index (χ1n) is 6.42. The Morgan fingerprint density at radius 3 is 2.95 bits per heavy atom. The molecular weight excluding hydrogens is 252 g/mol. The number of fused-ring (bicyclic) bond motifs is 1. The third kappa shape index (κ3) is 1.93. The molecule has 0 bridgehead atoms. The monoisotopic (exact) mass is 266 g/mol. The first-order chi connectivity index (χ1) is 9.70. The van der Waals surface area contributed by atoms with Crippen molar-refractivity contribution < 1.29 is 4.79 Å². The lowest BCUT2D eigenvalue weighted by Crippen LogP contribution is -2.11. The van der Waals surface area contributed by atoms with E-state index in [1.807, 2.05) is 18.2 Å². The van der Waals surface area contributed by atoms with E-state index in [9.17, 15) is 4.79 Å². The SMILES string of the molecule is CCc1cccc(-c2ccnc3c(C(N)=O)cnn23)c1. The van der Waals surface area contributed by atoms with E-state index in [0.717, 1.165) is 17.7 Å². The van der Waals surface area contributed by atoms with E-state index in [4.69, 9.17) is 5.73 Å². The van der Waals surface area contributed by atoms with Crippen molar-refractivity contribution in [3.63, 3.8) is 0 Å². The molecule has 2 heterocycles. The highest BCUT2D eigenvalue weighted by molar-refractivity contribution is 5.98. The third-order valence-electron chi connectivity index (χ3n) is 3.30. The minimum absolute atomic E-state index is 0.332. The number of carbonyl (C=O) groups is 1. The second-order valence-electron chi connectivity index (χ2n) is 4.54. The second-order valence-corrected chi connectivity index (χ2v) is 4.54. The molecule has 2 aromatic heterocycles. The predicted molar refractivity (Wildman–Crippen MR) is 76.3 cm³/mol. The number of aryl methyl sites for hydroxylation is 1. The summed E-state index contributed by atoms with van der Waals surface area (Å²) < 4.78 is 1.65. The third-order valence-corrected chi connectivity index (χ3v) is 3.30. The van der Waals surface area contributed by atoms with Crippen LogP contribution >= 0.6 is 0 Å². The minimum Gasteiger partial charge on any atom is -0.365 e. The molecule has 100 valence electrons. The van der Waals surface area contributed by atoms with Crippen molar-refractivity contribution in [2.75, 3.05) is 0 Å². The number of benzene rings is 1. The van der Waals surface area contributed by atoms with E-state index < -0.39 is 5.91 Å². The number of rotatable bonds is 3. The van der Waals surface area contributed by atoms with Gasteiger partial charge in [0.05, 0.1) is 11.9 Å². The molecule has 5 heteroatoms. The smallest absolute Gasteiger partial charge is 0.254 e. The Balaban J connectivity index is 2.23. The molecule has 1 amide bonds. The molecule has 0 spiro atoms. The lowest BCUT2D eigenvalue weighted by Gasteiger charge is -2.06. The van der Waals surface area contributed by atoms with E-state index in [1.54, 1.807) is 10.7 Å². The molecule has 0 fully saturated rings. The van der Waals surface area contributed by atoms with Gasteiger partial charge in [-0.25, -0.2) is 9.50 Å². The molecule has 0 unspecified atom stereocenters. The Hall–Kier alpha value is -2.69. The van der Waals surface area contributed by atoms with Crippen LogP contribution in [0.1, 0.15) is 22.8 Å². The molecule has 2 N–H and O–H groups in total. The molecule has 5 nitrogen and oxygen atoms in total. The van der Waals surface area contributed by atoms with E-state index >= 15 is 0 Å². The summed E-state index contributed by atoms with van der Waals surface area (Å²) in [5.41, 5.74) is 9.31. The van der Waals surface area contributed by atoms with E-state index in [0.29, 0.717) is 11.2 Å². The number of nitrogens with zero attached hydrogens (tertiary/aromatic N) is 3. The quantitative estimate of drug-likeness (QED) is 0.788. The van der Waals surface area contributed by atoms with Crippen LogP contribution in [0.5, 0.6) is 0 Å². The van der Waals surface area contributed by atoms with Gasteiger partial charge in [-0.1, -0.05) is 25.1 Å². The van der Waals surface area contributed by atoms with Crippen LogP contribution in [-0.2, 0) is 6.42 Å². The zero-order valence-corrected chi connectivity index (χ0v) is 11.1. The number of nitrogens with two attached hydrogens (primary N) is 1. The molecule has 0 radical (unpaired) electrons. The number of aromatic nitrogens is 3. The van der Waals surface area contributed by atoms with Crippen LogP contribution < -0.4 is 5.73 Å². The maximum absolute atomic E-state index is 11.4. The molecule has 0 aliphatic carbocycles. The Labute approximate surface area is 116 Å². The molecule has 0 saturated carbocycles. The van der Waals surface area contributed by atoms with Gasteiger partial charge < -0.3 is 5.73 Å². The molecule has 20 heavy (non-hydrogen) atoms. The summed E-state index contributed by atoms with van der Waals surface area (Å²) in [6, 6.07) is 10.1. The van der Waals surface area contributed by atoms with Gasteiger partial charge in [0.1, 0.15) is 5.56 Å². The highest BCUT2D eigenvalue weighted by Gasteiger charge is 2.13. The Kier molecular flexibility index (Phi) is 2.95. The van der Waals surface area contributed by atoms with Gasteiger partial charge in [0.2, 0.25) is 0 Å². The highest BCUT2D eigenvalue weighted by atomic mass is 16.1. The average molecular weight is 266 g/mol. The zero-order chi connectivity index (χ0) is 14.1. The van der Waals surface area contributed by atoms with Crippen molar-refractivity contribution in [2.45, 2.75) is 13.3 Å². The average Bonchev–Trinajstić information content (AvgIpc) is 2.91. The first kappa shape index (κ1) is 12.3. The molecule has 0 atom stereocenters. The molecule has 0 saturated heterocycles. The Bertz CT molecular complexity index is 791. The number of amides is 1. The zero-order valence-electron chi connectivity index (χ0n) is 11.1. The van der Waals surface area contributed by atoms with Crippen molar-refractivity contribution in [1.29, 1.82) is 0 Å². The first-order valence-corrected chi connectivity index (χ1v) is 6.42. The maximum Gasteiger partial charge on any atom is 0.254 e. The van der Waals surface area contributed by atoms with Gasteiger partial charge in [0.15, 0.2) is 5.65 Å². The lowest BCUT2D eigenvalue weighted by molar-refractivity contribution is 0.100. The van der Waals surface area contributed by atoms with E-state index in [-0.39, 0.29) is 0 Å². The van der Waals surface area contributed by atoms with Crippen LogP contribution in [-0.4, -0.2) is 20.5 Å². The van der Waals surface area contributed by atoms with Crippen molar-refractivity contribution in [1.82, 2.24) is 14.6 Å². The largest absolute Gasteiger partial charge is 0.365 e. The van der Waals surface area contributed by atoms with Gasteiger partial charge in [0.25, 0.3) is 5.91 Å². The van der Waals surface area contributed by atoms with Crippen LogP contribution in [0, 0.1) is 0 Å². The second kappa shape index (κ2) is 4.77. The van der Waals surface area contributed by atoms with Gasteiger partial charge in [-0.15, -0.1) is 0 Å². The Morgan fingerprint density at radius 2 is 2.20 bits per heavy atom. The lowest BCUT2D eigenvalue weighted by atomic mass is 10.1. The van der Waals surface area contributed by atoms with Crippen molar-refractivity contribution in [2.24, 2.45) is 5.73 Å². The fourth-order valence-corrected chi connectivity index (χ4v) is 2.23. The summed E-state index contributed by atoms with van der Waals surface area (Å²) >= 11 is 0. The minimum atomic E-state index is -0.521. The number of primary amides is 1. The fraction of sp³-hybridized carbons (Fsp3) is 0.133. The standard InChI is InChI=1S/C15H14N4O/c1-2-10-4-3-5-11(8-10)13-6-7-17-15-12(14(16)20)9-18-19(13)15/h3-9H,2H2,1H3,(H2,16,20). The predicted octanol–water partition coefficient (Wildman–Crippen LogP) is 2.06. The summed E-state index contributed by atoms with van der Waals surface area (Å²) in [7, 11) is 0. The summed E-state index contributed by atoms with van der Waals surface area (Å²) in [5, 5.41) is 4.23. The summed E-state index contributed by atoms with van der Waals surface area (Å²) in [4.78, 5) is 15.5. The summed E-state index contributed by atoms with van der Waals surface area (Å²) in [6.07, 6.45) is 4.09. The van der Waals surface area contributed by atoms with Gasteiger partial charge in [0, 0.05) is 11.8 Å². The van der Waals surface area contributed by atoms with Crippen molar-refractivity contribution in [3.05, 3.63) is 53.9 Å². The van der Waals surface area contributed by atoms with Gasteiger partial charge in [-0.2, -0.15) is 5.10 Å². The normalized spacial score (nSPS) is 10.8. The summed E-state index contributed by atoms with van der Waals surface area (Å²) in [5.74, 6) is -0.521. The molecule has 3 aromatic rings. The van der Waals surface area contributed by atoms with Crippen molar-refractivity contribution >= 4 is 11.6 Å². The molecule has 1 aromatic carbocycles. The van der Waals surface area contributed by atoms with Crippen LogP contribution in [0.4, 0.5) is 0 Å².